The summed E-state index contributed by atoms with van der Waals surface area (Å²) in [6.07, 6.45) is 4.86. The van der Waals surface area contributed by atoms with Gasteiger partial charge in [0.15, 0.2) is 9.76 Å². The Morgan fingerprint density at radius 1 is 0.900 bits per heavy atom. The Hall–Kier alpha value is -1.38. The second-order valence-electron chi connectivity index (χ2n) is 5.89. The molecular formula is C18H22OSi. The largest absolute Gasteiger partial charge is 0.437 e. The minimum Gasteiger partial charge on any atom is -0.437 e. The van der Waals surface area contributed by atoms with E-state index in [0.717, 1.165) is 6.42 Å². The van der Waals surface area contributed by atoms with Gasteiger partial charge in [-0.1, -0.05) is 73.5 Å². The van der Waals surface area contributed by atoms with Crippen LogP contribution >= 0.6 is 0 Å². The van der Waals surface area contributed by atoms with Crippen molar-refractivity contribution in [1.82, 2.24) is 0 Å². The smallest absolute Gasteiger partial charge is 0.167 e. The lowest BCUT2D eigenvalue weighted by Gasteiger charge is -2.43. The third-order valence-corrected chi connectivity index (χ3v) is 6.68. The molecule has 0 saturated heterocycles. The van der Waals surface area contributed by atoms with Gasteiger partial charge in [-0.15, -0.1) is 0 Å². The van der Waals surface area contributed by atoms with Crippen LogP contribution in [0, 0.1) is 0 Å². The number of hydrogen-bond donors (Lipinski definition) is 1. The SMILES string of the molecule is O[SiH2]C1(c2ccccc2)CCCCC1c1ccccc1. The summed E-state index contributed by atoms with van der Waals surface area (Å²) in [5.41, 5.74) is 2.75. The summed E-state index contributed by atoms with van der Waals surface area (Å²) < 4.78 is 0. The predicted octanol–water partition coefficient (Wildman–Crippen LogP) is 3.32. The molecule has 104 valence electrons. The van der Waals surface area contributed by atoms with Gasteiger partial charge in [-0.3, -0.25) is 0 Å². The summed E-state index contributed by atoms with van der Waals surface area (Å²) in [4.78, 5) is 10.4. The third kappa shape index (κ3) is 2.34. The van der Waals surface area contributed by atoms with Gasteiger partial charge in [0.1, 0.15) is 0 Å². The highest BCUT2D eigenvalue weighted by molar-refractivity contribution is 6.31. The molecule has 1 nitrogen and oxygen atoms in total. The van der Waals surface area contributed by atoms with Crippen LogP contribution in [0.15, 0.2) is 60.7 Å². The molecular weight excluding hydrogens is 260 g/mol. The Labute approximate surface area is 123 Å². The van der Waals surface area contributed by atoms with Crippen molar-refractivity contribution in [3.05, 3.63) is 71.8 Å². The zero-order valence-electron chi connectivity index (χ0n) is 11.8. The summed E-state index contributed by atoms with van der Waals surface area (Å²) in [5.74, 6) is 0.483. The van der Waals surface area contributed by atoms with Crippen molar-refractivity contribution in [2.24, 2.45) is 0 Å². The van der Waals surface area contributed by atoms with Crippen LogP contribution in [0.2, 0.25) is 0 Å². The van der Waals surface area contributed by atoms with Gasteiger partial charge in [-0.25, -0.2) is 0 Å². The summed E-state index contributed by atoms with van der Waals surface area (Å²) in [6, 6.07) is 21.5. The molecule has 0 heterocycles. The van der Waals surface area contributed by atoms with Crippen molar-refractivity contribution in [2.45, 2.75) is 36.6 Å². The van der Waals surface area contributed by atoms with Crippen LogP contribution in [0.25, 0.3) is 0 Å². The third-order valence-electron chi connectivity index (χ3n) is 4.87. The van der Waals surface area contributed by atoms with Crippen molar-refractivity contribution < 1.29 is 4.80 Å². The van der Waals surface area contributed by atoms with E-state index >= 15 is 0 Å². The lowest BCUT2D eigenvalue weighted by molar-refractivity contribution is 0.316. The molecule has 1 fully saturated rings. The number of hydrogen-bond acceptors (Lipinski definition) is 1. The molecule has 0 aromatic heterocycles. The molecule has 1 aliphatic carbocycles. The molecule has 1 aliphatic rings. The van der Waals surface area contributed by atoms with Crippen LogP contribution in [-0.4, -0.2) is 14.6 Å². The zero-order valence-corrected chi connectivity index (χ0v) is 13.2. The van der Waals surface area contributed by atoms with E-state index in [-0.39, 0.29) is 5.04 Å². The first-order valence-electron chi connectivity index (χ1n) is 7.58. The van der Waals surface area contributed by atoms with E-state index in [0.29, 0.717) is 5.92 Å². The maximum Gasteiger partial charge on any atom is 0.167 e. The van der Waals surface area contributed by atoms with Crippen molar-refractivity contribution in [3.63, 3.8) is 0 Å². The van der Waals surface area contributed by atoms with E-state index in [1.165, 1.54) is 30.4 Å². The van der Waals surface area contributed by atoms with Crippen LogP contribution in [0.3, 0.4) is 0 Å². The highest BCUT2D eigenvalue weighted by atomic mass is 28.2. The van der Waals surface area contributed by atoms with Crippen molar-refractivity contribution in [1.29, 1.82) is 0 Å². The second kappa shape index (κ2) is 5.94. The van der Waals surface area contributed by atoms with E-state index in [1.807, 2.05) is 0 Å². The van der Waals surface area contributed by atoms with Gasteiger partial charge in [-0.05, 0) is 29.9 Å². The fourth-order valence-corrected chi connectivity index (χ4v) is 5.29. The van der Waals surface area contributed by atoms with Gasteiger partial charge in [0.25, 0.3) is 0 Å². The molecule has 2 aromatic carbocycles. The Bertz CT molecular complexity index is 540. The van der Waals surface area contributed by atoms with E-state index in [4.69, 9.17) is 0 Å². The molecule has 2 aromatic rings. The maximum absolute atomic E-state index is 10.4. The molecule has 0 radical (unpaired) electrons. The lowest BCUT2D eigenvalue weighted by atomic mass is 9.71. The van der Waals surface area contributed by atoms with E-state index in [9.17, 15) is 4.80 Å². The first-order valence-corrected chi connectivity index (χ1v) is 8.92. The van der Waals surface area contributed by atoms with E-state index < -0.39 is 9.76 Å². The molecule has 2 unspecified atom stereocenters. The molecule has 0 bridgehead atoms. The summed E-state index contributed by atoms with van der Waals surface area (Å²) in [7, 11) is -1.13. The highest BCUT2D eigenvalue weighted by Gasteiger charge is 2.42. The van der Waals surface area contributed by atoms with Crippen molar-refractivity contribution in [2.75, 3.05) is 0 Å². The molecule has 2 heteroatoms. The number of rotatable bonds is 3. The molecule has 1 N–H and O–H groups in total. The van der Waals surface area contributed by atoms with E-state index in [1.54, 1.807) is 0 Å². The lowest BCUT2D eigenvalue weighted by Crippen LogP contribution is -2.42. The standard InChI is InChI=1S/C18H22OSi/c19-20-18(16-11-5-2-6-12-16)14-8-7-13-17(18)15-9-3-1-4-10-15/h1-6,9-12,17,19H,7-8,13-14,20H2. The van der Waals surface area contributed by atoms with Crippen LogP contribution in [0.1, 0.15) is 42.7 Å². The minimum atomic E-state index is -1.13. The summed E-state index contributed by atoms with van der Waals surface area (Å²) in [5, 5.41) is 0.0286. The zero-order chi connectivity index (χ0) is 13.8. The summed E-state index contributed by atoms with van der Waals surface area (Å²) >= 11 is 0. The maximum atomic E-state index is 10.4. The average Bonchev–Trinajstić information content (AvgIpc) is 2.56. The monoisotopic (exact) mass is 282 g/mol. The fourth-order valence-electron chi connectivity index (χ4n) is 3.81. The molecule has 1 saturated carbocycles. The molecule has 3 rings (SSSR count). The highest BCUT2D eigenvalue weighted by Crippen LogP contribution is 2.48. The van der Waals surface area contributed by atoms with Crippen molar-refractivity contribution in [3.8, 4) is 0 Å². The van der Waals surface area contributed by atoms with E-state index in [2.05, 4.69) is 60.7 Å². The Balaban J connectivity index is 2.06. The Morgan fingerprint density at radius 3 is 2.20 bits per heavy atom. The topological polar surface area (TPSA) is 20.2 Å². The molecule has 0 amide bonds. The van der Waals surface area contributed by atoms with Gasteiger partial charge in [-0.2, -0.15) is 0 Å². The number of benzene rings is 2. The fraction of sp³-hybridized carbons (Fsp3) is 0.333. The predicted molar refractivity (Wildman–Crippen MR) is 86.5 cm³/mol. The first-order chi connectivity index (χ1) is 9.87. The average molecular weight is 282 g/mol. The van der Waals surface area contributed by atoms with Crippen LogP contribution in [-0.2, 0) is 5.04 Å². The molecule has 0 spiro atoms. The molecule has 0 aliphatic heterocycles. The van der Waals surface area contributed by atoms with Gasteiger partial charge in [0.05, 0.1) is 0 Å². The Kier molecular flexibility index (Phi) is 4.04. The molecule has 20 heavy (non-hydrogen) atoms. The Morgan fingerprint density at radius 2 is 1.55 bits per heavy atom. The van der Waals surface area contributed by atoms with Crippen LogP contribution < -0.4 is 0 Å². The normalized spacial score (nSPS) is 26.9. The minimum absolute atomic E-state index is 0.0286. The van der Waals surface area contributed by atoms with Gasteiger partial charge in [0, 0.05) is 5.04 Å². The van der Waals surface area contributed by atoms with Gasteiger partial charge in [0.2, 0.25) is 0 Å². The van der Waals surface area contributed by atoms with Crippen LogP contribution in [0.4, 0.5) is 0 Å². The van der Waals surface area contributed by atoms with Gasteiger partial charge >= 0.3 is 0 Å². The van der Waals surface area contributed by atoms with Crippen LogP contribution in [0.5, 0.6) is 0 Å². The first kappa shape index (κ1) is 13.6. The summed E-state index contributed by atoms with van der Waals surface area (Å²) in [6.45, 7) is 0. The van der Waals surface area contributed by atoms with Crippen molar-refractivity contribution >= 4 is 9.76 Å². The van der Waals surface area contributed by atoms with Gasteiger partial charge < -0.3 is 4.80 Å². The second-order valence-corrected chi connectivity index (χ2v) is 7.47. The quantitative estimate of drug-likeness (QED) is 0.856. The molecule has 2 atom stereocenters.